The molecule has 1 amide bonds. The molecule has 0 bridgehead atoms. The van der Waals surface area contributed by atoms with E-state index in [1.807, 2.05) is 13.8 Å². The van der Waals surface area contributed by atoms with Crippen LogP contribution in [0.25, 0.3) is 0 Å². The number of likely N-dealkylation sites (tertiary alicyclic amines) is 1. The van der Waals surface area contributed by atoms with Gasteiger partial charge >= 0.3 is 6.09 Å². The van der Waals surface area contributed by atoms with E-state index < -0.39 is 0 Å². The number of nitrogens with two attached hydrogens (primary N) is 1. The van der Waals surface area contributed by atoms with E-state index in [1.54, 1.807) is 4.90 Å². The van der Waals surface area contributed by atoms with Crippen LogP contribution in [0.2, 0.25) is 0 Å². The third-order valence-corrected chi connectivity index (χ3v) is 2.68. The van der Waals surface area contributed by atoms with Gasteiger partial charge in [0.25, 0.3) is 0 Å². The molecule has 0 saturated carbocycles. The summed E-state index contributed by atoms with van der Waals surface area (Å²) in [5, 5.41) is 0. The van der Waals surface area contributed by atoms with E-state index in [1.165, 1.54) is 0 Å². The molecule has 1 rings (SSSR count). The van der Waals surface area contributed by atoms with Crippen LogP contribution in [0, 0.1) is 0 Å². The highest BCUT2D eigenvalue weighted by molar-refractivity contribution is 5.69. The third-order valence-electron chi connectivity index (χ3n) is 2.68. The van der Waals surface area contributed by atoms with E-state index in [0.29, 0.717) is 13.2 Å². The van der Waals surface area contributed by atoms with Crippen molar-refractivity contribution in [3.63, 3.8) is 0 Å². The van der Waals surface area contributed by atoms with E-state index in [-0.39, 0.29) is 11.6 Å². The first-order chi connectivity index (χ1) is 6.14. The molecule has 0 aromatic heterocycles. The molecule has 1 saturated heterocycles. The van der Waals surface area contributed by atoms with Gasteiger partial charge in [0, 0.05) is 13.1 Å². The number of ether oxygens (including phenoxy) is 1. The van der Waals surface area contributed by atoms with Crippen molar-refractivity contribution in [1.29, 1.82) is 0 Å². The number of hydrogen-bond acceptors (Lipinski definition) is 3. The summed E-state index contributed by atoms with van der Waals surface area (Å²) in [6.07, 6.45) is 1.77. The number of amides is 1. The Balaban J connectivity index is 2.62. The SMILES string of the molecule is CCOC(=O)N1CCCC1(C)CN. The molecule has 0 aromatic rings. The van der Waals surface area contributed by atoms with E-state index in [4.69, 9.17) is 10.5 Å². The normalized spacial score (nSPS) is 27.8. The summed E-state index contributed by atoms with van der Waals surface area (Å²) in [7, 11) is 0. The van der Waals surface area contributed by atoms with E-state index in [0.717, 1.165) is 19.4 Å². The van der Waals surface area contributed by atoms with Crippen molar-refractivity contribution in [3.8, 4) is 0 Å². The van der Waals surface area contributed by atoms with Crippen molar-refractivity contribution >= 4 is 6.09 Å². The minimum atomic E-state index is -0.229. The molecule has 1 unspecified atom stereocenters. The molecule has 76 valence electrons. The van der Waals surface area contributed by atoms with E-state index in [9.17, 15) is 4.79 Å². The molecule has 4 heteroatoms. The number of nitrogens with zero attached hydrogens (tertiary/aromatic N) is 1. The van der Waals surface area contributed by atoms with Gasteiger partial charge in [0.2, 0.25) is 0 Å². The highest BCUT2D eigenvalue weighted by Gasteiger charge is 2.39. The second kappa shape index (κ2) is 3.96. The number of carbonyl (C=O) groups excluding carboxylic acids is 1. The summed E-state index contributed by atoms with van der Waals surface area (Å²) < 4.78 is 4.95. The van der Waals surface area contributed by atoms with Crippen molar-refractivity contribution in [2.75, 3.05) is 19.7 Å². The average molecular weight is 186 g/mol. The largest absolute Gasteiger partial charge is 0.450 e. The summed E-state index contributed by atoms with van der Waals surface area (Å²) in [6, 6.07) is 0. The van der Waals surface area contributed by atoms with Crippen LogP contribution < -0.4 is 5.73 Å². The Labute approximate surface area is 79.0 Å². The van der Waals surface area contributed by atoms with Gasteiger partial charge in [-0.3, -0.25) is 0 Å². The molecule has 0 aromatic carbocycles. The lowest BCUT2D eigenvalue weighted by Gasteiger charge is -2.33. The molecule has 1 heterocycles. The third kappa shape index (κ3) is 1.94. The standard InChI is InChI=1S/C9H18N2O2/c1-3-13-8(12)11-6-4-5-9(11,2)7-10/h3-7,10H2,1-2H3. The summed E-state index contributed by atoms with van der Waals surface area (Å²) in [5.74, 6) is 0. The Morgan fingerprint density at radius 3 is 2.92 bits per heavy atom. The Morgan fingerprint density at radius 2 is 2.38 bits per heavy atom. The summed E-state index contributed by atoms with van der Waals surface area (Å²) in [5.41, 5.74) is 5.45. The molecule has 13 heavy (non-hydrogen) atoms. The molecule has 0 aliphatic carbocycles. The molecule has 2 N–H and O–H groups in total. The zero-order valence-corrected chi connectivity index (χ0v) is 8.38. The molecule has 1 atom stereocenters. The zero-order valence-electron chi connectivity index (χ0n) is 8.38. The lowest BCUT2D eigenvalue weighted by Crippen LogP contribution is -2.50. The predicted molar refractivity (Wildman–Crippen MR) is 50.4 cm³/mol. The van der Waals surface area contributed by atoms with Crippen LogP contribution >= 0.6 is 0 Å². The lowest BCUT2D eigenvalue weighted by atomic mass is 10.00. The van der Waals surface area contributed by atoms with Crippen molar-refractivity contribution in [2.24, 2.45) is 5.73 Å². The Hall–Kier alpha value is -0.770. The van der Waals surface area contributed by atoms with Crippen LogP contribution in [0.3, 0.4) is 0 Å². The quantitative estimate of drug-likeness (QED) is 0.698. The van der Waals surface area contributed by atoms with Crippen molar-refractivity contribution < 1.29 is 9.53 Å². The molecule has 1 aliphatic rings. The molecule has 1 fully saturated rings. The minimum absolute atomic E-state index is 0.188. The van der Waals surface area contributed by atoms with E-state index in [2.05, 4.69) is 0 Å². The smallest absolute Gasteiger partial charge is 0.410 e. The first-order valence-corrected chi connectivity index (χ1v) is 4.78. The maximum Gasteiger partial charge on any atom is 0.410 e. The molecule has 0 spiro atoms. The number of hydrogen-bond donors (Lipinski definition) is 1. The van der Waals surface area contributed by atoms with Gasteiger partial charge < -0.3 is 15.4 Å². The van der Waals surface area contributed by atoms with Crippen molar-refractivity contribution in [1.82, 2.24) is 4.90 Å². The van der Waals surface area contributed by atoms with Crippen LogP contribution in [-0.2, 0) is 4.74 Å². The summed E-state index contributed by atoms with van der Waals surface area (Å²) >= 11 is 0. The minimum Gasteiger partial charge on any atom is -0.450 e. The topological polar surface area (TPSA) is 55.6 Å². The fourth-order valence-electron chi connectivity index (χ4n) is 1.75. The van der Waals surface area contributed by atoms with Gasteiger partial charge in [-0.05, 0) is 26.7 Å². The highest BCUT2D eigenvalue weighted by Crippen LogP contribution is 2.28. The molecule has 1 aliphatic heterocycles. The maximum atomic E-state index is 11.5. The van der Waals surface area contributed by atoms with Crippen LogP contribution in [0.15, 0.2) is 0 Å². The van der Waals surface area contributed by atoms with Gasteiger partial charge in [0.1, 0.15) is 0 Å². The second-order valence-corrected chi connectivity index (χ2v) is 3.66. The van der Waals surface area contributed by atoms with Crippen LogP contribution in [0.5, 0.6) is 0 Å². The summed E-state index contributed by atoms with van der Waals surface area (Å²) in [6.45, 7) is 5.53. The Bertz CT molecular complexity index is 196. The fourth-order valence-corrected chi connectivity index (χ4v) is 1.75. The zero-order chi connectivity index (χ0) is 9.90. The lowest BCUT2D eigenvalue weighted by molar-refractivity contribution is 0.0815. The van der Waals surface area contributed by atoms with Gasteiger partial charge in [-0.1, -0.05) is 0 Å². The average Bonchev–Trinajstić information content (AvgIpc) is 2.49. The molecular weight excluding hydrogens is 168 g/mol. The van der Waals surface area contributed by atoms with E-state index >= 15 is 0 Å². The monoisotopic (exact) mass is 186 g/mol. The van der Waals surface area contributed by atoms with Crippen molar-refractivity contribution in [3.05, 3.63) is 0 Å². The Morgan fingerprint density at radius 1 is 1.69 bits per heavy atom. The molecular formula is C9H18N2O2. The van der Waals surface area contributed by atoms with Gasteiger partial charge in [-0.15, -0.1) is 0 Å². The predicted octanol–water partition coefficient (Wildman–Crippen LogP) is 0.956. The Kier molecular flexibility index (Phi) is 3.14. The number of rotatable bonds is 2. The van der Waals surface area contributed by atoms with Gasteiger partial charge in [0.15, 0.2) is 0 Å². The second-order valence-electron chi connectivity index (χ2n) is 3.66. The summed E-state index contributed by atoms with van der Waals surface area (Å²) in [4.78, 5) is 13.2. The fraction of sp³-hybridized carbons (Fsp3) is 0.889. The highest BCUT2D eigenvalue weighted by atomic mass is 16.6. The number of carbonyl (C=O) groups is 1. The molecule has 4 nitrogen and oxygen atoms in total. The van der Waals surface area contributed by atoms with Crippen LogP contribution in [0.1, 0.15) is 26.7 Å². The first-order valence-electron chi connectivity index (χ1n) is 4.78. The van der Waals surface area contributed by atoms with Gasteiger partial charge in [-0.25, -0.2) is 4.79 Å². The maximum absolute atomic E-state index is 11.5. The van der Waals surface area contributed by atoms with Gasteiger partial charge in [0.05, 0.1) is 12.1 Å². The molecule has 0 radical (unpaired) electrons. The van der Waals surface area contributed by atoms with Crippen LogP contribution in [-0.4, -0.2) is 36.2 Å². The van der Waals surface area contributed by atoms with Crippen molar-refractivity contribution in [2.45, 2.75) is 32.2 Å². The first kappa shape index (κ1) is 10.3. The van der Waals surface area contributed by atoms with Gasteiger partial charge in [-0.2, -0.15) is 0 Å². The van der Waals surface area contributed by atoms with Crippen LogP contribution in [0.4, 0.5) is 4.79 Å².